The van der Waals surface area contributed by atoms with Gasteiger partial charge in [0.2, 0.25) is 0 Å². The molecule has 21 heavy (non-hydrogen) atoms. The number of fused-ring (bicyclic) bond motifs is 1. The van der Waals surface area contributed by atoms with Crippen molar-refractivity contribution in [2.75, 3.05) is 0 Å². The van der Waals surface area contributed by atoms with Crippen LogP contribution in [0.25, 0.3) is 22.4 Å². The lowest BCUT2D eigenvalue weighted by Crippen LogP contribution is -1.97. The number of benzene rings is 2. The van der Waals surface area contributed by atoms with Crippen molar-refractivity contribution in [2.45, 2.75) is 18.9 Å². The van der Waals surface area contributed by atoms with Crippen LogP contribution in [-0.4, -0.2) is 9.55 Å². The highest BCUT2D eigenvalue weighted by Gasteiger charge is 2.29. The molecule has 102 valence electrons. The van der Waals surface area contributed by atoms with Crippen LogP contribution < -0.4 is 0 Å². The molecule has 2 aromatic carbocycles. The molecule has 3 nitrogen and oxygen atoms in total. The summed E-state index contributed by atoms with van der Waals surface area (Å²) in [6.45, 7) is 0. The number of hydrogen-bond donors (Lipinski definition) is 0. The Hall–Kier alpha value is -2.12. The molecule has 0 radical (unpaired) electrons. The van der Waals surface area contributed by atoms with Gasteiger partial charge in [-0.25, -0.2) is 4.98 Å². The summed E-state index contributed by atoms with van der Waals surface area (Å²) >= 11 is 3.62. The summed E-state index contributed by atoms with van der Waals surface area (Å²) in [4.78, 5) is 4.80. The third-order valence-corrected chi connectivity index (χ3v) is 4.54. The Morgan fingerprint density at radius 3 is 2.71 bits per heavy atom. The van der Waals surface area contributed by atoms with E-state index in [0.29, 0.717) is 11.6 Å². The quantitative estimate of drug-likeness (QED) is 0.681. The van der Waals surface area contributed by atoms with E-state index >= 15 is 0 Å². The minimum atomic E-state index is 0.532. The molecule has 1 aliphatic rings. The fourth-order valence-electron chi connectivity index (χ4n) is 2.70. The number of nitrogens with zero attached hydrogens (tertiary/aromatic N) is 3. The van der Waals surface area contributed by atoms with Crippen LogP contribution in [0.15, 0.2) is 46.9 Å². The minimum absolute atomic E-state index is 0.532. The lowest BCUT2D eigenvalue weighted by molar-refractivity contribution is 0.775. The molecule has 1 aromatic heterocycles. The first-order chi connectivity index (χ1) is 10.3. The molecule has 0 spiro atoms. The maximum atomic E-state index is 9.06. The summed E-state index contributed by atoms with van der Waals surface area (Å²) < 4.78 is 3.36. The van der Waals surface area contributed by atoms with Gasteiger partial charge in [0.1, 0.15) is 5.82 Å². The van der Waals surface area contributed by atoms with Crippen molar-refractivity contribution in [2.24, 2.45) is 0 Å². The first-order valence-corrected chi connectivity index (χ1v) is 7.74. The third-order valence-electron chi connectivity index (χ3n) is 3.85. The molecular formula is C17H12BrN3. The average molecular weight is 338 g/mol. The SMILES string of the molecule is N#Cc1ccc2c(c1)nc(-c1ccccc1Br)n2C1CC1. The Kier molecular flexibility index (Phi) is 2.83. The Labute approximate surface area is 131 Å². The van der Waals surface area contributed by atoms with Gasteiger partial charge in [0.05, 0.1) is 22.7 Å². The van der Waals surface area contributed by atoms with Crippen LogP contribution in [-0.2, 0) is 0 Å². The zero-order chi connectivity index (χ0) is 14.4. The molecule has 3 aromatic rings. The fraction of sp³-hybridized carbons (Fsp3) is 0.176. The number of hydrogen-bond acceptors (Lipinski definition) is 2. The van der Waals surface area contributed by atoms with E-state index in [1.54, 1.807) is 0 Å². The standard InChI is InChI=1S/C17H12BrN3/c18-14-4-2-1-3-13(14)17-20-15-9-11(10-19)5-8-16(15)21(17)12-6-7-12/h1-5,8-9,12H,6-7H2. The number of rotatable bonds is 2. The molecule has 0 aliphatic heterocycles. The highest BCUT2D eigenvalue weighted by atomic mass is 79.9. The summed E-state index contributed by atoms with van der Waals surface area (Å²) in [6.07, 6.45) is 2.39. The largest absolute Gasteiger partial charge is 0.321 e. The van der Waals surface area contributed by atoms with Gasteiger partial charge in [-0.3, -0.25) is 0 Å². The van der Waals surface area contributed by atoms with E-state index in [0.717, 1.165) is 26.9 Å². The molecule has 0 amide bonds. The molecular weight excluding hydrogens is 326 g/mol. The summed E-state index contributed by atoms with van der Waals surface area (Å²) in [7, 11) is 0. The molecule has 4 rings (SSSR count). The maximum Gasteiger partial charge on any atom is 0.142 e. The molecule has 0 unspecified atom stereocenters. The van der Waals surface area contributed by atoms with E-state index in [-0.39, 0.29) is 0 Å². The highest BCUT2D eigenvalue weighted by Crippen LogP contribution is 2.42. The second-order valence-electron chi connectivity index (χ2n) is 5.33. The van der Waals surface area contributed by atoms with E-state index < -0.39 is 0 Å². The number of imidazole rings is 1. The fourth-order valence-corrected chi connectivity index (χ4v) is 3.17. The van der Waals surface area contributed by atoms with Crippen molar-refractivity contribution in [3.8, 4) is 17.5 Å². The van der Waals surface area contributed by atoms with Gasteiger partial charge in [-0.15, -0.1) is 0 Å². The van der Waals surface area contributed by atoms with Crippen molar-refractivity contribution in [3.63, 3.8) is 0 Å². The Bertz CT molecular complexity index is 885. The van der Waals surface area contributed by atoms with Gasteiger partial charge in [0.25, 0.3) is 0 Å². The van der Waals surface area contributed by atoms with Crippen LogP contribution in [0.1, 0.15) is 24.4 Å². The van der Waals surface area contributed by atoms with Crippen molar-refractivity contribution >= 4 is 27.0 Å². The lowest BCUT2D eigenvalue weighted by Gasteiger charge is -2.09. The second-order valence-corrected chi connectivity index (χ2v) is 6.19. The molecule has 0 N–H and O–H groups in total. The second kappa shape index (κ2) is 4.71. The van der Waals surface area contributed by atoms with Crippen molar-refractivity contribution in [3.05, 3.63) is 52.5 Å². The van der Waals surface area contributed by atoms with Crippen LogP contribution in [0.4, 0.5) is 0 Å². The molecule has 0 saturated heterocycles. The molecule has 1 fully saturated rings. The Balaban J connectivity index is 2.02. The van der Waals surface area contributed by atoms with Crippen LogP contribution >= 0.6 is 15.9 Å². The van der Waals surface area contributed by atoms with Gasteiger partial charge in [-0.1, -0.05) is 34.1 Å². The lowest BCUT2D eigenvalue weighted by atomic mass is 10.2. The van der Waals surface area contributed by atoms with Gasteiger partial charge >= 0.3 is 0 Å². The molecule has 0 bridgehead atoms. The van der Waals surface area contributed by atoms with E-state index in [1.807, 2.05) is 36.4 Å². The predicted molar refractivity (Wildman–Crippen MR) is 85.9 cm³/mol. The number of aromatic nitrogens is 2. The van der Waals surface area contributed by atoms with Gasteiger partial charge in [0, 0.05) is 16.1 Å². The zero-order valence-corrected chi connectivity index (χ0v) is 12.8. The van der Waals surface area contributed by atoms with Crippen LogP contribution in [0.5, 0.6) is 0 Å². The van der Waals surface area contributed by atoms with Gasteiger partial charge in [-0.05, 0) is 37.1 Å². The van der Waals surface area contributed by atoms with E-state index in [4.69, 9.17) is 10.2 Å². The van der Waals surface area contributed by atoms with Crippen molar-refractivity contribution < 1.29 is 0 Å². The summed E-state index contributed by atoms with van der Waals surface area (Å²) in [6, 6.07) is 16.6. The van der Waals surface area contributed by atoms with Crippen molar-refractivity contribution in [1.82, 2.24) is 9.55 Å². The van der Waals surface area contributed by atoms with Crippen LogP contribution in [0.2, 0.25) is 0 Å². The minimum Gasteiger partial charge on any atom is -0.321 e. The molecule has 1 saturated carbocycles. The molecule has 1 heterocycles. The van der Waals surface area contributed by atoms with Gasteiger partial charge in [-0.2, -0.15) is 5.26 Å². The summed E-state index contributed by atoms with van der Waals surface area (Å²) in [5.41, 5.74) is 3.76. The monoisotopic (exact) mass is 337 g/mol. The van der Waals surface area contributed by atoms with E-state index in [2.05, 4.69) is 32.6 Å². The first-order valence-electron chi connectivity index (χ1n) is 6.95. The van der Waals surface area contributed by atoms with E-state index in [9.17, 15) is 0 Å². The maximum absolute atomic E-state index is 9.06. The molecule has 1 aliphatic carbocycles. The molecule has 4 heteroatoms. The number of halogens is 1. The van der Waals surface area contributed by atoms with Gasteiger partial charge < -0.3 is 4.57 Å². The highest BCUT2D eigenvalue weighted by molar-refractivity contribution is 9.10. The van der Waals surface area contributed by atoms with Crippen molar-refractivity contribution in [1.29, 1.82) is 5.26 Å². The summed E-state index contributed by atoms with van der Waals surface area (Å²) in [5, 5.41) is 9.06. The normalized spacial score (nSPS) is 14.3. The summed E-state index contributed by atoms with van der Waals surface area (Å²) in [5.74, 6) is 0.982. The van der Waals surface area contributed by atoms with Gasteiger partial charge in [0.15, 0.2) is 0 Å². The first kappa shape index (κ1) is 12.6. The third kappa shape index (κ3) is 2.05. The zero-order valence-electron chi connectivity index (χ0n) is 11.3. The Morgan fingerprint density at radius 2 is 2.00 bits per heavy atom. The topological polar surface area (TPSA) is 41.6 Å². The van der Waals surface area contributed by atoms with Crippen LogP contribution in [0, 0.1) is 11.3 Å². The molecule has 0 atom stereocenters. The number of nitriles is 1. The average Bonchev–Trinajstić information content (AvgIpc) is 3.27. The Morgan fingerprint density at radius 1 is 1.19 bits per heavy atom. The van der Waals surface area contributed by atoms with E-state index in [1.165, 1.54) is 12.8 Å². The van der Waals surface area contributed by atoms with Crippen LogP contribution in [0.3, 0.4) is 0 Å². The smallest absolute Gasteiger partial charge is 0.142 e. The predicted octanol–water partition coefficient (Wildman–Crippen LogP) is 4.67.